The van der Waals surface area contributed by atoms with Gasteiger partial charge in [-0.1, -0.05) is 56.3 Å². The lowest BCUT2D eigenvalue weighted by Gasteiger charge is -2.04. The van der Waals surface area contributed by atoms with Crippen molar-refractivity contribution in [3.05, 3.63) is 60.3 Å². The molecular formula is C17H19NO. The van der Waals surface area contributed by atoms with Gasteiger partial charge in [-0.15, -0.1) is 0 Å². The fourth-order valence-electron chi connectivity index (χ4n) is 1.97. The minimum absolute atomic E-state index is 0.0352. The third kappa shape index (κ3) is 3.44. The van der Waals surface area contributed by atoms with Crippen molar-refractivity contribution in [2.24, 2.45) is 5.92 Å². The predicted octanol–water partition coefficient (Wildman–Crippen LogP) is 3.78. The second-order valence-corrected chi connectivity index (χ2v) is 5.03. The van der Waals surface area contributed by atoms with E-state index in [1.54, 1.807) is 12.3 Å². The standard InChI is InChI=1S/C17H19NO/c1-13(2)12-18-11-10-17(19)16-9-5-7-14-6-3-4-8-15(14)16/h3-11,13,18H,12H2,1-2H3/b11-10-. The largest absolute Gasteiger partial charge is 0.391 e. The van der Waals surface area contributed by atoms with E-state index in [9.17, 15) is 4.79 Å². The Hall–Kier alpha value is -2.09. The normalized spacial score (nSPS) is 11.3. The SMILES string of the molecule is CC(C)CN/C=C\C(=O)c1cccc2ccccc12. The van der Waals surface area contributed by atoms with E-state index < -0.39 is 0 Å². The van der Waals surface area contributed by atoms with E-state index in [2.05, 4.69) is 19.2 Å². The Morgan fingerprint density at radius 1 is 1.16 bits per heavy atom. The van der Waals surface area contributed by atoms with Crippen LogP contribution in [0.5, 0.6) is 0 Å². The summed E-state index contributed by atoms with van der Waals surface area (Å²) < 4.78 is 0. The summed E-state index contributed by atoms with van der Waals surface area (Å²) in [5.74, 6) is 0.602. The Morgan fingerprint density at radius 3 is 2.68 bits per heavy atom. The lowest BCUT2D eigenvalue weighted by Crippen LogP contribution is -2.13. The highest BCUT2D eigenvalue weighted by molar-refractivity contribution is 6.13. The first-order chi connectivity index (χ1) is 9.18. The maximum absolute atomic E-state index is 12.2. The van der Waals surface area contributed by atoms with E-state index in [4.69, 9.17) is 0 Å². The fourth-order valence-corrected chi connectivity index (χ4v) is 1.97. The highest BCUT2D eigenvalue weighted by Gasteiger charge is 2.05. The number of hydrogen-bond donors (Lipinski definition) is 1. The smallest absolute Gasteiger partial charge is 0.187 e. The summed E-state index contributed by atoms with van der Waals surface area (Å²) in [6, 6.07) is 13.8. The van der Waals surface area contributed by atoms with Crippen molar-refractivity contribution in [1.29, 1.82) is 0 Å². The molecule has 2 aromatic rings. The van der Waals surface area contributed by atoms with Gasteiger partial charge in [0.15, 0.2) is 5.78 Å². The third-order valence-corrected chi connectivity index (χ3v) is 2.93. The molecule has 19 heavy (non-hydrogen) atoms. The van der Waals surface area contributed by atoms with Gasteiger partial charge >= 0.3 is 0 Å². The van der Waals surface area contributed by atoms with Crippen LogP contribution < -0.4 is 5.32 Å². The first-order valence-corrected chi connectivity index (χ1v) is 6.60. The fraction of sp³-hybridized carbons (Fsp3) is 0.235. The summed E-state index contributed by atoms with van der Waals surface area (Å²) in [5.41, 5.74) is 0.751. The molecule has 0 saturated carbocycles. The van der Waals surface area contributed by atoms with E-state index >= 15 is 0 Å². The van der Waals surface area contributed by atoms with Gasteiger partial charge in [0.2, 0.25) is 0 Å². The molecule has 2 nitrogen and oxygen atoms in total. The molecule has 0 saturated heterocycles. The Bertz CT molecular complexity index is 594. The van der Waals surface area contributed by atoms with Crippen LogP contribution >= 0.6 is 0 Å². The number of rotatable bonds is 5. The Labute approximate surface area is 114 Å². The first kappa shape index (κ1) is 13.3. The van der Waals surface area contributed by atoms with Crippen molar-refractivity contribution in [2.45, 2.75) is 13.8 Å². The molecule has 0 aromatic heterocycles. The van der Waals surface area contributed by atoms with Crippen molar-refractivity contribution in [1.82, 2.24) is 5.32 Å². The highest BCUT2D eigenvalue weighted by Crippen LogP contribution is 2.19. The Morgan fingerprint density at radius 2 is 1.89 bits per heavy atom. The van der Waals surface area contributed by atoms with Gasteiger partial charge in [0.1, 0.15) is 0 Å². The van der Waals surface area contributed by atoms with Crippen molar-refractivity contribution >= 4 is 16.6 Å². The average molecular weight is 253 g/mol. The van der Waals surface area contributed by atoms with Gasteiger partial charge < -0.3 is 5.32 Å². The van der Waals surface area contributed by atoms with Gasteiger partial charge in [-0.25, -0.2) is 0 Å². The maximum Gasteiger partial charge on any atom is 0.187 e. The lowest BCUT2D eigenvalue weighted by molar-refractivity contribution is 0.104. The van der Waals surface area contributed by atoms with Crippen LogP contribution in [0.15, 0.2) is 54.7 Å². The summed E-state index contributed by atoms with van der Waals surface area (Å²) in [7, 11) is 0. The number of carbonyl (C=O) groups excluding carboxylic acids is 1. The maximum atomic E-state index is 12.2. The highest BCUT2D eigenvalue weighted by atomic mass is 16.1. The molecule has 2 heteroatoms. The van der Waals surface area contributed by atoms with Gasteiger partial charge in [0, 0.05) is 24.4 Å². The molecule has 0 radical (unpaired) electrons. The van der Waals surface area contributed by atoms with Crippen LogP contribution in [-0.2, 0) is 0 Å². The molecule has 0 aliphatic rings. The molecule has 0 unspecified atom stereocenters. The number of hydrogen-bond acceptors (Lipinski definition) is 2. The molecule has 2 rings (SSSR count). The monoisotopic (exact) mass is 253 g/mol. The molecule has 0 amide bonds. The van der Waals surface area contributed by atoms with Gasteiger partial charge in [0.05, 0.1) is 0 Å². The third-order valence-electron chi connectivity index (χ3n) is 2.93. The van der Waals surface area contributed by atoms with Crippen LogP contribution in [0, 0.1) is 5.92 Å². The van der Waals surface area contributed by atoms with E-state index in [1.165, 1.54) is 0 Å². The summed E-state index contributed by atoms with van der Waals surface area (Å²) in [6.07, 6.45) is 3.34. The van der Waals surface area contributed by atoms with Gasteiger partial charge in [-0.2, -0.15) is 0 Å². The number of ketones is 1. The zero-order valence-electron chi connectivity index (χ0n) is 11.4. The second kappa shape index (κ2) is 6.19. The zero-order chi connectivity index (χ0) is 13.7. The van der Waals surface area contributed by atoms with Crippen LogP contribution in [0.25, 0.3) is 10.8 Å². The summed E-state index contributed by atoms with van der Waals surface area (Å²) >= 11 is 0. The quantitative estimate of drug-likeness (QED) is 0.649. The molecule has 0 aliphatic heterocycles. The number of benzene rings is 2. The van der Waals surface area contributed by atoms with E-state index in [1.807, 2.05) is 42.5 Å². The van der Waals surface area contributed by atoms with Crippen molar-refractivity contribution in [2.75, 3.05) is 6.54 Å². The van der Waals surface area contributed by atoms with Gasteiger partial charge in [0.25, 0.3) is 0 Å². The van der Waals surface area contributed by atoms with Crippen LogP contribution in [0.2, 0.25) is 0 Å². The van der Waals surface area contributed by atoms with Gasteiger partial charge in [-0.05, 0) is 16.7 Å². The lowest BCUT2D eigenvalue weighted by atomic mass is 10.0. The van der Waals surface area contributed by atoms with Crippen molar-refractivity contribution in [3.63, 3.8) is 0 Å². The molecular weight excluding hydrogens is 234 g/mol. The van der Waals surface area contributed by atoms with E-state index in [0.29, 0.717) is 5.92 Å². The molecule has 98 valence electrons. The Balaban J connectivity index is 2.18. The zero-order valence-corrected chi connectivity index (χ0v) is 11.4. The van der Waals surface area contributed by atoms with Crippen molar-refractivity contribution < 1.29 is 4.79 Å². The summed E-state index contributed by atoms with van der Waals surface area (Å²) in [4.78, 5) is 12.2. The molecule has 1 N–H and O–H groups in total. The van der Waals surface area contributed by atoms with Crippen LogP contribution in [0.3, 0.4) is 0 Å². The molecule has 0 bridgehead atoms. The summed E-state index contributed by atoms with van der Waals surface area (Å²) in [6.45, 7) is 5.14. The molecule has 0 spiro atoms. The number of allylic oxidation sites excluding steroid dienone is 1. The minimum atomic E-state index is 0.0352. The minimum Gasteiger partial charge on any atom is -0.391 e. The molecule has 0 fully saturated rings. The average Bonchev–Trinajstić information content (AvgIpc) is 2.42. The topological polar surface area (TPSA) is 29.1 Å². The number of nitrogens with one attached hydrogen (secondary N) is 1. The molecule has 0 atom stereocenters. The Kier molecular flexibility index (Phi) is 4.35. The molecule has 2 aromatic carbocycles. The first-order valence-electron chi connectivity index (χ1n) is 6.60. The molecule has 0 heterocycles. The van der Waals surface area contributed by atoms with Gasteiger partial charge in [-0.3, -0.25) is 4.79 Å². The van der Waals surface area contributed by atoms with E-state index in [0.717, 1.165) is 22.9 Å². The van der Waals surface area contributed by atoms with Crippen LogP contribution in [0.4, 0.5) is 0 Å². The van der Waals surface area contributed by atoms with Crippen LogP contribution in [-0.4, -0.2) is 12.3 Å². The second-order valence-electron chi connectivity index (χ2n) is 5.03. The molecule has 0 aliphatic carbocycles. The summed E-state index contributed by atoms with van der Waals surface area (Å²) in [5, 5.41) is 5.23. The van der Waals surface area contributed by atoms with Crippen molar-refractivity contribution in [3.8, 4) is 0 Å². The number of carbonyl (C=O) groups is 1. The number of fused-ring (bicyclic) bond motifs is 1. The predicted molar refractivity (Wildman–Crippen MR) is 80.3 cm³/mol. The van der Waals surface area contributed by atoms with E-state index in [-0.39, 0.29) is 5.78 Å². The van der Waals surface area contributed by atoms with Crippen LogP contribution in [0.1, 0.15) is 24.2 Å².